The van der Waals surface area contributed by atoms with Gasteiger partial charge in [-0.3, -0.25) is 0 Å². The third-order valence-corrected chi connectivity index (χ3v) is 2.05. The maximum absolute atomic E-state index is 11.5. The van der Waals surface area contributed by atoms with Crippen LogP contribution in [0.2, 0.25) is 0 Å². The zero-order valence-electron chi connectivity index (χ0n) is 8.86. The highest BCUT2D eigenvalue weighted by molar-refractivity contribution is 5.92. The fourth-order valence-electron chi connectivity index (χ4n) is 1.27. The SMILES string of the molecule is CCOC(=O)c1cc(CN)c(O)cc1C#N. The second-order valence-corrected chi connectivity index (χ2v) is 3.06. The summed E-state index contributed by atoms with van der Waals surface area (Å²) < 4.78 is 4.80. The first-order valence-corrected chi connectivity index (χ1v) is 4.77. The van der Waals surface area contributed by atoms with Gasteiger partial charge in [-0.05, 0) is 19.1 Å². The van der Waals surface area contributed by atoms with Gasteiger partial charge in [-0.25, -0.2) is 4.79 Å². The summed E-state index contributed by atoms with van der Waals surface area (Å²) in [4.78, 5) is 11.5. The number of nitriles is 1. The third-order valence-electron chi connectivity index (χ3n) is 2.05. The van der Waals surface area contributed by atoms with Crippen LogP contribution in [0, 0.1) is 11.3 Å². The molecule has 5 nitrogen and oxygen atoms in total. The van der Waals surface area contributed by atoms with Gasteiger partial charge < -0.3 is 15.6 Å². The first-order chi connectivity index (χ1) is 7.63. The second kappa shape index (κ2) is 5.14. The predicted molar refractivity (Wildman–Crippen MR) is 56.7 cm³/mol. The maximum atomic E-state index is 11.5. The third kappa shape index (κ3) is 2.30. The van der Waals surface area contributed by atoms with E-state index in [1.165, 1.54) is 12.1 Å². The molecule has 0 bridgehead atoms. The molecular weight excluding hydrogens is 208 g/mol. The minimum atomic E-state index is -0.589. The van der Waals surface area contributed by atoms with Crippen LogP contribution >= 0.6 is 0 Å². The van der Waals surface area contributed by atoms with E-state index in [0.717, 1.165) is 0 Å². The van der Waals surface area contributed by atoms with Crippen LogP contribution in [0.4, 0.5) is 0 Å². The summed E-state index contributed by atoms with van der Waals surface area (Å²) in [7, 11) is 0. The summed E-state index contributed by atoms with van der Waals surface area (Å²) in [6.45, 7) is 1.99. The van der Waals surface area contributed by atoms with Crippen LogP contribution in [0.25, 0.3) is 0 Å². The number of aromatic hydroxyl groups is 1. The van der Waals surface area contributed by atoms with E-state index in [2.05, 4.69) is 0 Å². The molecule has 0 heterocycles. The fraction of sp³-hybridized carbons (Fsp3) is 0.273. The molecule has 16 heavy (non-hydrogen) atoms. The highest BCUT2D eigenvalue weighted by Gasteiger charge is 2.15. The van der Waals surface area contributed by atoms with Gasteiger partial charge in [0.15, 0.2) is 0 Å². The summed E-state index contributed by atoms with van der Waals surface area (Å²) >= 11 is 0. The molecule has 5 heteroatoms. The van der Waals surface area contributed by atoms with Gasteiger partial charge in [0.25, 0.3) is 0 Å². The molecule has 0 aliphatic carbocycles. The second-order valence-electron chi connectivity index (χ2n) is 3.06. The molecule has 0 radical (unpaired) electrons. The van der Waals surface area contributed by atoms with E-state index >= 15 is 0 Å². The first-order valence-electron chi connectivity index (χ1n) is 4.77. The zero-order valence-corrected chi connectivity index (χ0v) is 8.86. The van der Waals surface area contributed by atoms with Crippen molar-refractivity contribution in [2.45, 2.75) is 13.5 Å². The molecule has 3 N–H and O–H groups in total. The topological polar surface area (TPSA) is 96.3 Å². The monoisotopic (exact) mass is 220 g/mol. The number of phenolic OH excluding ortho intramolecular Hbond substituents is 1. The van der Waals surface area contributed by atoms with Crippen molar-refractivity contribution in [2.75, 3.05) is 6.61 Å². The van der Waals surface area contributed by atoms with Crippen molar-refractivity contribution in [2.24, 2.45) is 5.73 Å². The molecule has 0 amide bonds. The van der Waals surface area contributed by atoms with Gasteiger partial charge >= 0.3 is 5.97 Å². The molecule has 0 saturated heterocycles. The molecule has 0 unspecified atom stereocenters. The summed E-state index contributed by atoms with van der Waals surface area (Å²) in [5.41, 5.74) is 6.00. The fourth-order valence-corrected chi connectivity index (χ4v) is 1.27. The molecule has 0 fully saturated rings. The Morgan fingerprint density at radius 2 is 2.31 bits per heavy atom. The number of ether oxygens (including phenoxy) is 1. The van der Waals surface area contributed by atoms with Crippen molar-refractivity contribution in [1.82, 2.24) is 0 Å². The number of esters is 1. The number of hydrogen-bond acceptors (Lipinski definition) is 5. The number of hydrogen-bond donors (Lipinski definition) is 2. The average Bonchev–Trinajstić information content (AvgIpc) is 2.28. The molecule has 1 aromatic carbocycles. The van der Waals surface area contributed by atoms with Crippen LogP contribution < -0.4 is 5.73 Å². The average molecular weight is 220 g/mol. The van der Waals surface area contributed by atoms with Crippen molar-refractivity contribution in [3.63, 3.8) is 0 Å². The summed E-state index contributed by atoms with van der Waals surface area (Å²) in [6.07, 6.45) is 0. The summed E-state index contributed by atoms with van der Waals surface area (Å²) in [5, 5.41) is 18.3. The Bertz CT molecular complexity index is 449. The number of benzene rings is 1. The van der Waals surface area contributed by atoms with Gasteiger partial charge in [0.2, 0.25) is 0 Å². The van der Waals surface area contributed by atoms with E-state index in [-0.39, 0.29) is 30.0 Å². The molecule has 1 rings (SSSR count). The van der Waals surface area contributed by atoms with E-state index in [1.807, 2.05) is 6.07 Å². The minimum absolute atomic E-state index is 0.0770. The van der Waals surface area contributed by atoms with Gasteiger partial charge in [-0.2, -0.15) is 5.26 Å². The number of rotatable bonds is 3. The number of carbonyl (C=O) groups is 1. The first kappa shape index (κ1) is 12.0. The van der Waals surface area contributed by atoms with Crippen LogP contribution in [0.1, 0.15) is 28.4 Å². The maximum Gasteiger partial charge on any atom is 0.339 e. The molecule has 0 aliphatic heterocycles. The van der Waals surface area contributed by atoms with Crippen molar-refractivity contribution < 1.29 is 14.6 Å². The largest absolute Gasteiger partial charge is 0.508 e. The summed E-state index contributed by atoms with van der Waals surface area (Å²) in [6, 6.07) is 4.42. The molecule has 0 aromatic heterocycles. The van der Waals surface area contributed by atoms with Crippen LogP contribution in [-0.4, -0.2) is 17.7 Å². The van der Waals surface area contributed by atoms with Gasteiger partial charge in [0.05, 0.1) is 17.7 Å². The van der Waals surface area contributed by atoms with Gasteiger partial charge in [0.1, 0.15) is 11.8 Å². The highest BCUT2D eigenvalue weighted by Crippen LogP contribution is 2.22. The van der Waals surface area contributed by atoms with E-state index in [1.54, 1.807) is 6.92 Å². The van der Waals surface area contributed by atoms with E-state index < -0.39 is 5.97 Å². The summed E-state index contributed by atoms with van der Waals surface area (Å²) in [5.74, 6) is -0.680. The Kier molecular flexibility index (Phi) is 3.86. The van der Waals surface area contributed by atoms with E-state index in [0.29, 0.717) is 5.56 Å². The lowest BCUT2D eigenvalue weighted by Crippen LogP contribution is -2.09. The standard InChI is InChI=1S/C11H12N2O3/c1-2-16-11(15)9-3-8(6-13)10(14)4-7(9)5-12/h3-4,14H,2,6,13H2,1H3. The van der Waals surface area contributed by atoms with Crippen molar-refractivity contribution in [1.29, 1.82) is 5.26 Å². The van der Waals surface area contributed by atoms with Crippen LogP contribution in [0.5, 0.6) is 5.75 Å². The zero-order chi connectivity index (χ0) is 12.1. The lowest BCUT2D eigenvalue weighted by atomic mass is 10.0. The molecule has 0 saturated carbocycles. The van der Waals surface area contributed by atoms with Crippen molar-refractivity contribution >= 4 is 5.97 Å². The van der Waals surface area contributed by atoms with Crippen LogP contribution in [0.15, 0.2) is 12.1 Å². The molecule has 1 aromatic rings. The number of phenols is 1. The molecule has 0 spiro atoms. The van der Waals surface area contributed by atoms with Crippen molar-refractivity contribution in [3.8, 4) is 11.8 Å². The molecule has 0 aliphatic rings. The molecule has 84 valence electrons. The Hall–Kier alpha value is -2.06. The smallest absolute Gasteiger partial charge is 0.339 e. The Labute approximate surface area is 93.1 Å². The Morgan fingerprint density at radius 1 is 1.62 bits per heavy atom. The van der Waals surface area contributed by atoms with Crippen LogP contribution in [-0.2, 0) is 11.3 Å². The van der Waals surface area contributed by atoms with E-state index in [4.69, 9.17) is 15.7 Å². The Morgan fingerprint density at radius 3 is 2.81 bits per heavy atom. The van der Waals surface area contributed by atoms with Crippen molar-refractivity contribution in [3.05, 3.63) is 28.8 Å². The molecular formula is C11H12N2O3. The molecule has 0 atom stereocenters. The van der Waals surface area contributed by atoms with Gasteiger partial charge in [0, 0.05) is 12.1 Å². The quantitative estimate of drug-likeness (QED) is 0.737. The normalized spacial score (nSPS) is 9.56. The van der Waals surface area contributed by atoms with Gasteiger partial charge in [-0.1, -0.05) is 0 Å². The predicted octanol–water partition coefficient (Wildman–Crippen LogP) is 0.899. The minimum Gasteiger partial charge on any atom is -0.508 e. The lowest BCUT2D eigenvalue weighted by molar-refractivity contribution is 0.0526. The van der Waals surface area contributed by atoms with Gasteiger partial charge in [-0.15, -0.1) is 0 Å². The van der Waals surface area contributed by atoms with E-state index in [9.17, 15) is 9.90 Å². The Balaban J connectivity index is 3.26. The number of nitrogens with zero attached hydrogens (tertiary/aromatic N) is 1. The number of carbonyl (C=O) groups excluding carboxylic acids is 1. The highest BCUT2D eigenvalue weighted by atomic mass is 16.5. The van der Waals surface area contributed by atoms with Crippen LogP contribution in [0.3, 0.4) is 0 Å². The number of nitrogens with two attached hydrogens (primary N) is 1. The lowest BCUT2D eigenvalue weighted by Gasteiger charge is -2.07.